The Balaban J connectivity index is 0.00000450. The van der Waals surface area contributed by atoms with E-state index in [0.717, 1.165) is 18.4 Å². The van der Waals surface area contributed by atoms with Crippen LogP contribution in [0.25, 0.3) is 0 Å². The number of amides is 1. The molecule has 10 heteroatoms. The van der Waals surface area contributed by atoms with Gasteiger partial charge in [0.2, 0.25) is 0 Å². The minimum absolute atomic E-state index is 0. The van der Waals surface area contributed by atoms with Gasteiger partial charge in [-0.1, -0.05) is 12.1 Å². The largest absolute Gasteiger partial charge is 0.484 e. The molecule has 1 aromatic rings. The summed E-state index contributed by atoms with van der Waals surface area (Å²) in [4.78, 5) is 17.5. The van der Waals surface area contributed by atoms with Crippen LogP contribution in [0.4, 0.5) is 8.78 Å². The average Bonchev–Trinajstić information content (AvgIpc) is 2.71. The summed E-state index contributed by atoms with van der Waals surface area (Å²) in [5.74, 6) is 1.15. The van der Waals surface area contributed by atoms with Gasteiger partial charge in [-0.2, -0.15) is 0 Å². The van der Waals surface area contributed by atoms with E-state index >= 15 is 0 Å². The Bertz CT molecular complexity index is 670. The summed E-state index contributed by atoms with van der Waals surface area (Å²) in [5.41, 5.74) is 0.994. The van der Waals surface area contributed by atoms with Crippen molar-refractivity contribution in [1.29, 1.82) is 0 Å². The fourth-order valence-corrected chi connectivity index (χ4v) is 3.17. The number of hydrogen-bond donors (Lipinski definition) is 3. The maximum Gasteiger partial charge on any atom is 0.257 e. The second kappa shape index (κ2) is 14.3. The Morgan fingerprint density at radius 1 is 1.30 bits per heavy atom. The number of likely N-dealkylation sites (N-methyl/N-ethyl adjacent to an activating group) is 1. The van der Waals surface area contributed by atoms with E-state index in [1.165, 1.54) is 0 Å². The number of nitrogens with zero attached hydrogens (tertiary/aromatic N) is 2. The third-order valence-electron chi connectivity index (χ3n) is 4.65. The molecule has 0 atom stereocenters. The molecule has 2 rings (SSSR count). The number of nitrogens with one attached hydrogen (secondary N) is 3. The Morgan fingerprint density at radius 2 is 2.03 bits per heavy atom. The minimum Gasteiger partial charge on any atom is -0.484 e. The monoisotopic (exact) mass is 539 g/mol. The zero-order valence-corrected chi connectivity index (χ0v) is 19.8. The first-order valence-corrected chi connectivity index (χ1v) is 9.96. The maximum absolute atomic E-state index is 12.5. The van der Waals surface area contributed by atoms with E-state index in [9.17, 15) is 13.6 Å². The van der Waals surface area contributed by atoms with Gasteiger partial charge in [0, 0.05) is 39.3 Å². The van der Waals surface area contributed by atoms with Crippen molar-refractivity contribution in [2.75, 3.05) is 39.8 Å². The molecule has 1 saturated heterocycles. The van der Waals surface area contributed by atoms with Crippen LogP contribution in [0.1, 0.15) is 25.3 Å². The van der Waals surface area contributed by atoms with Crippen LogP contribution in [0.3, 0.4) is 0 Å². The van der Waals surface area contributed by atoms with Gasteiger partial charge in [0.1, 0.15) is 5.75 Å². The first-order chi connectivity index (χ1) is 14.0. The summed E-state index contributed by atoms with van der Waals surface area (Å²) in [7, 11) is 1.70. The second-order valence-corrected chi connectivity index (χ2v) is 6.93. The lowest BCUT2D eigenvalue weighted by Gasteiger charge is -2.32. The number of aliphatic imine (C=N–C) groups is 1. The molecule has 1 aliphatic heterocycles. The number of alkyl halides is 2. The molecule has 0 spiro atoms. The van der Waals surface area contributed by atoms with Gasteiger partial charge in [0.15, 0.2) is 12.6 Å². The Labute approximate surface area is 194 Å². The van der Waals surface area contributed by atoms with Gasteiger partial charge in [-0.3, -0.25) is 14.7 Å². The third-order valence-corrected chi connectivity index (χ3v) is 4.65. The van der Waals surface area contributed by atoms with Crippen molar-refractivity contribution in [3.05, 3.63) is 29.8 Å². The Hall–Kier alpha value is -1.69. The summed E-state index contributed by atoms with van der Waals surface area (Å²) in [6, 6.07) is 7.73. The summed E-state index contributed by atoms with van der Waals surface area (Å²) in [6.07, 6.45) is -0.678. The van der Waals surface area contributed by atoms with Crippen molar-refractivity contribution < 1.29 is 18.3 Å². The Kier molecular flexibility index (Phi) is 12.6. The zero-order chi connectivity index (χ0) is 21.1. The van der Waals surface area contributed by atoms with Gasteiger partial charge < -0.3 is 20.7 Å². The molecular weight excluding hydrogens is 507 g/mol. The minimum atomic E-state index is -2.28. The normalized spacial score (nSPS) is 15.4. The highest BCUT2D eigenvalue weighted by Gasteiger charge is 2.21. The number of piperidine rings is 1. The molecule has 3 N–H and O–H groups in total. The number of likely N-dealkylation sites (tertiary alicyclic amines) is 1. The van der Waals surface area contributed by atoms with Crippen molar-refractivity contribution in [3.8, 4) is 5.75 Å². The van der Waals surface area contributed by atoms with Gasteiger partial charge in [-0.15, -0.1) is 24.0 Å². The number of carbonyl (C=O) groups is 1. The van der Waals surface area contributed by atoms with Gasteiger partial charge in [0.25, 0.3) is 12.3 Å². The maximum atomic E-state index is 12.5. The summed E-state index contributed by atoms with van der Waals surface area (Å²) < 4.78 is 30.5. The predicted octanol–water partition coefficient (Wildman–Crippen LogP) is 2.21. The van der Waals surface area contributed by atoms with Crippen molar-refractivity contribution in [2.45, 2.75) is 38.8 Å². The van der Waals surface area contributed by atoms with Crippen LogP contribution < -0.4 is 20.7 Å². The van der Waals surface area contributed by atoms with Gasteiger partial charge in [0.05, 0.1) is 6.54 Å². The first kappa shape index (κ1) is 26.3. The molecule has 1 aliphatic rings. The lowest BCUT2D eigenvalue weighted by Crippen LogP contribution is -2.49. The highest BCUT2D eigenvalue weighted by atomic mass is 127. The molecule has 1 aromatic carbocycles. The van der Waals surface area contributed by atoms with E-state index < -0.39 is 6.43 Å². The van der Waals surface area contributed by atoms with E-state index in [-0.39, 0.29) is 49.1 Å². The molecular formula is C20H32F2IN5O2. The van der Waals surface area contributed by atoms with Crippen molar-refractivity contribution >= 4 is 35.8 Å². The van der Waals surface area contributed by atoms with Crippen LogP contribution in [-0.2, 0) is 11.3 Å². The highest BCUT2D eigenvalue weighted by molar-refractivity contribution is 14.0. The van der Waals surface area contributed by atoms with E-state index in [1.807, 2.05) is 31.2 Å². The summed E-state index contributed by atoms with van der Waals surface area (Å²) >= 11 is 0. The molecule has 0 aromatic heterocycles. The molecule has 170 valence electrons. The van der Waals surface area contributed by atoms with Crippen LogP contribution in [0.2, 0.25) is 0 Å². The SMILES string of the molecule is CCNC(=O)COc1cccc(CNC(=NC)NC2CCN(CC(F)F)CC2)c1.I. The molecule has 7 nitrogen and oxygen atoms in total. The van der Waals surface area contributed by atoms with Crippen LogP contribution >= 0.6 is 24.0 Å². The van der Waals surface area contributed by atoms with E-state index in [1.54, 1.807) is 11.9 Å². The Morgan fingerprint density at radius 3 is 2.67 bits per heavy atom. The molecule has 0 radical (unpaired) electrons. The first-order valence-electron chi connectivity index (χ1n) is 9.96. The number of rotatable bonds is 9. The highest BCUT2D eigenvalue weighted by Crippen LogP contribution is 2.14. The van der Waals surface area contributed by atoms with Crippen LogP contribution in [0.15, 0.2) is 29.3 Å². The number of benzene rings is 1. The van der Waals surface area contributed by atoms with Crippen molar-refractivity contribution in [2.24, 2.45) is 4.99 Å². The number of ether oxygens (including phenoxy) is 1. The lowest BCUT2D eigenvalue weighted by molar-refractivity contribution is -0.122. The number of carbonyl (C=O) groups excluding carboxylic acids is 1. The molecule has 30 heavy (non-hydrogen) atoms. The quantitative estimate of drug-likeness (QED) is 0.255. The van der Waals surface area contributed by atoms with Gasteiger partial charge in [-0.05, 0) is 37.5 Å². The van der Waals surface area contributed by atoms with Crippen LogP contribution in [0, 0.1) is 0 Å². The van der Waals surface area contributed by atoms with Gasteiger partial charge >= 0.3 is 0 Å². The number of halogens is 3. The average molecular weight is 539 g/mol. The molecule has 1 amide bonds. The summed E-state index contributed by atoms with van der Waals surface area (Å²) in [5, 5.41) is 9.31. The fraction of sp³-hybridized carbons (Fsp3) is 0.600. The zero-order valence-electron chi connectivity index (χ0n) is 17.5. The molecule has 0 aliphatic carbocycles. The third kappa shape index (κ3) is 9.88. The van der Waals surface area contributed by atoms with Crippen molar-refractivity contribution in [1.82, 2.24) is 20.9 Å². The number of hydrogen-bond acceptors (Lipinski definition) is 4. The van der Waals surface area contributed by atoms with E-state index in [0.29, 0.717) is 37.9 Å². The standard InChI is InChI=1S/C20H31F2N5O2.HI/c1-3-24-19(28)14-29-17-6-4-5-15(11-17)12-25-20(23-2)26-16-7-9-27(10-8-16)13-18(21)22;/h4-6,11,16,18H,3,7-10,12-14H2,1-2H3,(H,24,28)(H2,23,25,26);1H. The predicted molar refractivity (Wildman–Crippen MR) is 125 cm³/mol. The van der Waals surface area contributed by atoms with Gasteiger partial charge in [-0.25, -0.2) is 8.78 Å². The second-order valence-electron chi connectivity index (χ2n) is 6.93. The topological polar surface area (TPSA) is 78.0 Å². The van der Waals surface area contributed by atoms with Crippen molar-refractivity contribution in [3.63, 3.8) is 0 Å². The number of guanidine groups is 1. The smallest absolute Gasteiger partial charge is 0.257 e. The fourth-order valence-electron chi connectivity index (χ4n) is 3.17. The molecule has 0 bridgehead atoms. The molecule has 1 heterocycles. The van der Waals surface area contributed by atoms with E-state index in [2.05, 4.69) is 20.9 Å². The summed E-state index contributed by atoms with van der Waals surface area (Å²) in [6.45, 7) is 4.12. The molecule has 0 saturated carbocycles. The molecule has 0 unspecified atom stereocenters. The van der Waals surface area contributed by atoms with Crippen LogP contribution in [-0.4, -0.2) is 69.1 Å². The molecule has 1 fully saturated rings. The van der Waals surface area contributed by atoms with E-state index in [4.69, 9.17) is 4.74 Å². The van der Waals surface area contributed by atoms with Crippen LogP contribution in [0.5, 0.6) is 5.75 Å². The lowest BCUT2D eigenvalue weighted by atomic mass is 10.1.